The fourth-order valence-electron chi connectivity index (χ4n) is 4.65. The van der Waals surface area contributed by atoms with E-state index in [4.69, 9.17) is 20.0 Å². The highest BCUT2D eigenvalue weighted by atomic mass is 19.1. The lowest BCUT2D eigenvalue weighted by Crippen LogP contribution is -2.31. The largest absolute Gasteiger partial charge is 0.490 e. The lowest BCUT2D eigenvalue weighted by atomic mass is 9.84. The van der Waals surface area contributed by atoms with Gasteiger partial charge in [0.2, 0.25) is 0 Å². The first-order valence-electron chi connectivity index (χ1n) is 12.9. The Hall–Kier alpha value is -3.62. The molecule has 2 aromatic carbocycles. The van der Waals surface area contributed by atoms with Gasteiger partial charge in [-0.1, -0.05) is 20.8 Å². The number of nitrogens with one attached hydrogen (secondary N) is 1. The average Bonchev–Trinajstić information content (AvgIpc) is 3.15. The van der Waals surface area contributed by atoms with Crippen molar-refractivity contribution >= 4 is 23.3 Å². The summed E-state index contributed by atoms with van der Waals surface area (Å²) in [5, 5.41) is 17.6. The number of ketones is 1. The maximum atomic E-state index is 15.4. The molecule has 8 nitrogen and oxygen atoms in total. The summed E-state index contributed by atoms with van der Waals surface area (Å²) in [5.41, 5.74) is 2.87. The maximum absolute atomic E-state index is 15.4. The Kier molecular flexibility index (Phi) is 9.01. The van der Waals surface area contributed by atoms with Gasteiger partial charge in [-0.3, -0.25) is 15.0 Å². The summed E-state index contributed by atoms with van der Waals surface area (Å²) in [6, 6.07) is 7.22. The fraction of sp³-hybridized carbons (Fsp3) is 0.483. The van der Waals surface area contributed by atoms with Crippen molar-refractivity contribution in [1.82, 2.24) is 4.90 Å². The number of carboxylic acids is 1. The van der Waals surface area contributed by atoms with Gasteiger partial charge in [-0.15, -0.1) is 0 Å². The Bertz CT molecular complexity index is 1220. The molecule has 9 heteroatoms. The summed E-state index contributed by atoms with van der Waals surface area (Å²) >= 11 is 0. The second-order valence-electron chi connectivity index (χ2n) is 10.4. The molecular weight excluding hydrogens is 489 g/mol. The van der Waals surface area contributed by atoms with Gasteiger partial charge in [0.15, 0.2) is 23.1 Å². The minimum Gasteiger partial charge on any atom is -0.490 e. The second-order valence-corrected chi connectivity index (χ2v) is 10.4. The number of ether oxygens (including phenoxy) is 2. The molecule has 0 radical (unpaired) electrons. The number of hydrogen-bond donors (Lipinski definition) is 2. The van der Waals surface area contributed by atoms with E-state index in [-0.39, 0.29) is 54.5 Å². The Morgan fingerprint density at radius 2 is 1.84 bits per heavy atom. The minimum atomic E-state index is -0.826. The second kappa shape index (κ2) is 11.8. The molecule has 0 atom stereocenters. The highest BCUT2D eigenvalue weighted by Gasteiger charge is 2.33. The van der Waals surface area contributed by atoms with Gasteiger partial charge in [0.25, 0.3) is 0 Å². The summed E-state index contributed by atoms with van der Waals surface area (Å²) in [4.78, 5) is 27.8. The smallest absolute Gasteiger partial charge is 0.303 e. The summed E-state index contributed by atoms with van der Waals surface area (Å²) in [5.74, 6) is -1.41. The number of carboxylic acid groups (broad SMARTS) is 1. The van der Waals surface area contributed by atoms with E-state index in [2.05, 4.69) is 20.8 Å². The van der Waals surface area contributed by atoms with E-state index < -0.39 is 11.8 Å². The molecule has 0 saturated heterocycles. The molecule has 2 aromatic rings. The van der Waals surface area contributed by atoms with Crippen LogP contribution in [0.4, 0.5) is 10.1 Å². The zero-order chi connectivity index (χ0) is 28.2. The van der Waals surface area contributed by atoms with Crippen LogP contribution in [0.5, 0.6) is 11.5 Å². The molecular formula is C29H38FN3O5. The van der Waals surface area contributed by atoms with Crippen LogP contribution in [0, 0.1) is 11.2 Å². The molecule has 0 saturated carbocycles. The molecule has 1 aliphatic rings. The van der Waals surface area contributed by atoms with Crippen molar-refractivity contribution in [2.75, 3.05) is 38.3 Å². The Balaban J connectivity index is 1.84. The molecule has 206 valence electrons. The molecule has 0 aromatic heterocycles. The number of amidine groups is 1. The van der Waals surface area contributed by atoms with Crippen LogP contribution in [-0.2, 0) is 16.8 Å². The highest BCUT2D eigenvalue weighted by Crippen LogP contribution is 2.39. The van der Waals surface area contributed by atoms with Crippen molar-refractivity contribution in [3.63, 3.8) is 0 Å². The average molecular weight is 528 g/mol. The van der Waals surface area contributed by atoms with Crippen molar-refractivity contribution in [1.29, 1.82) is 5.41 Å². The lowest BCUT2D eigenvalue weighted by Gasteiger charge is -2.29. The van der Waals surface area contributed by atoms with Crippen molar-refractivity contribution in [3.05, 3.63) is 52.3 Å². The molecule has 1 heterocycles. The van der Waals surface area contributed by atoms with Gasteiger partial charge < -0.3 is 24.4 Å². The van der Waals surface area contributed by atoms with Gasteiger partial charge in [0.05, 0.1) is 25.3 Å². The molecule has 0 fully saturated rings. The third kappa shape index (κ3) is 6.26. The number of anilines is 1. The van der Waals surface area contributed by atoms with E-state index in [0.717, 1.165) is 11.3 Å². The number of carbonyl (C=O) groups excluding carboxylic acids is 1. The molecule has 3 rings (SSSR count). The van der Waals surface area contributed by atoms with Gasteiger partial charge in [0.1, 0.15) is 5.84 Å². The third-order valence-corrected chi connectivity index (χ3v) is 6.53. The van der Waals surface area contributed by atoms with Crippen LogP contribution >= 0.6 is 0 Å². The van der Waals surface area contributed by atoms with Crippen LogP contribution in [0.3, 0.4) is 0 Å². The van der Waals surface area contributed by atoms with Crippen molar-refractivity contribution in [2.45, 2.75) is 59.4 Å². The summed E-state index contributed by atoms with van der Waals surface area (Å²) in [7, 11) is 1.91. The zero-order valence-corrected chi connectivity index (χ0v) is 23.1. The van der Waals surface area contributed by atoms with Gasteiger partial charge in [0, 0.05) is 37.8 Å². The monoisotopic (exact) mass is 527 g/mol. The molecule has 0 amide bonds. The quantitative estimate of drug-likeness (QED) is 0.364. The molecule has 0 bridgehead atoms. The van der Waals surface area contributed by atoms with E-state index in [9.17, 15) is 9.59 Å². The number of nitrogens with zero attached hydrogens (tertiary/aromatic N) is 2. The van der Waals surface area contributed by atoms with Gasteiger partial charge >= 0.3 is 5.97 Å². The van der Waals surface area contributed by atoms with Crippen LogP contribution in [0.2, 0.25) is 0 Å². The van der Waals surface area contributed by atoms with E-state index in [0.29, 0.717) is 36.4 Å². The van der Waals surface area contributed by atoms with Crippen LogP contribution in [0.25, 0.3) is 0 Å². The highest BCUT2D eigenvalue weighted by molar-refractivity contribution is 6.06. The molecule has 38 heavy (non-hydrogen) atoms. The number of hydrogen-bond acceptors (Lipinski definition) is 6. The standard InChI is InChI=1S/C29H38FN3O5/c1-7-37-23-15-19-16-33(28(31)25(19)26(30)27(23)38-8-2)17-22(34)18-11-12-21(20(14-18)29(3,4)5)32(6)13-9-10-24(35)36/h11-12,14-15,31H,7-10,13,16-17H2,1-6H3,(H,35,36). The first kappa shape index (κ1) is 28.9. The minimum absolute atomic E-state index is 0.0103. The first-order valence-corrected chi connectivity index (χ1v) is 12.9. The van der Waals surface area contributed by atoms with Crippen molar-refractivity contribution in [2.24, 2.45) is 0 Å². The molecule has 2 N–H and O–H groups in total. The van der Waals surface area contributed by atoms with E-state index in [1.165, 1.54) is 0 Å². The van der Waals surface area contributed by atoms with Crippen molar-refractivity contribution in [3.8, 4) is 11.5 Å². The summed E-state index contributed by atoms with van der Waals surface area (Å²) < 4.78 is 26.4. The summed E-state index contributed by atoms with van der Waals surface area (Å²) in [6.45, 7) is 11.1. The van der Waals surface area contributed by atoms with Gasteiger partial charge in [-0.2, -0.15) is 0 Å². The van der Waals surface area contributed by atoms with Crippen molar-refractivity contribution < 1.29 is 28.6 Å². The molecule has 0 spiro atoms. The van der Waals surface area contributed by atoms with Crippen LogP contribution < -0.4 is 14.4 Å². The zero-order valence-electron chi connectivity index (χ0n) is 23.1. The SMILES string of the molecule is CCOc1cc2c(c(F)c1OCC)C(=N)N(CC(=O)c1ccc(N(C)CCCC(=O)O)c(C(C)(C)C)c1)C2. The Labute approximate surface area is 223 Å². The number of aliphatic carboxylic acids is 1. The van der Waals surface area contributed by atoms with E-state index in [1.54, 1.807) is 30.9 Å². The number of rotatable bonds is 12. The summed E-state index contributed by atoms with van der Waals surface area (Å²) in [6.07, 6.45) is 0.606. The van der Waals surface area contributed by atoms with Gasteiger partial charge in [-0.05, 0) is 61.1 Å². The topological polar surface area (TPSA) is 103 Å². The van der Waals surface area contributed by atoms with E-state index >= 15 is 4.39 Å². The maximum Gasteiger partial charge on any atom is 0.303 e. The predicted octanol–water partition coefficient (Wildman–Crippen LogP) is 5.25. The number of Topliss-reactive ketones (excluding diaryl/α,β-unsaturated/α-hetero) is 1. The number of halogens is 1. The van der Waals surface area contributed by atoms with Crippen LogP contribution in [0.1, 0.15) is 74.5 Å². The Morgan fingerprint density at radius 1 is 1.16 bits per heavy atom. The number of carbonyl (C=O) groups is 2. The molecule has 1 aliphatic heterocycles. The third-order valence-electron chi connectivity index (χ3n) is 6.53. The van der Waals surface area contributed by atoms with Crippen LogP contribution in [0.15, 0.2) is 24.3 Å². The van der Waals surface area contributed by atoms with E-state index in [1.807, 2.05) is 24.1 Å². The lowest BCUT2D eigenvalue weighted by molar-refractivity contribution is -0.137. The fourth-order valence-corrected chi connectivity index (χ4v) is 4.65. The van der Waals surface area contributed by atoms with Crippen LogP contribution in [-0.4, -0.2) is 60.9 Å². The molecule has 0 unspecified atom stereocenters. The normalized spacial score (nSPS) is 12.9. The number of fused-ring (bicyclic) bond motifs is 1. The van der Waals surface area contributed by atoms with Gasteiger partial charge in [-0.25, -0.2) is 4.39 Å². The predicted molar refractivity (Wildman–Crippen MR) is 146 cm³/mol. The first-order chi connectivity index (χ1) is 17.9. The number of benzene rings is 2. The Morgan fingerprint density at radius 3 is 2.45 bits per heavy atom. The molecule has 0 aliphatic carbocycles.